The van der Waals surface area contributed by atoms with Crippen LogP contribution in [0.25, 0.3) is 0 Å². The van der Waals surface area contributed by atoms with Crippen molar-refractivity contribution < 1.29 is 14.3 Å². The molecule has 6 nitrogen and oxygen atoms in total. The zero-order valence-electron chi connectivity index (χ0n) is 10.6. The van der Waals surface area contributed by atoms with Crippen LogP contribution in [0.15, 0.2) is 36.7 Å². The Bertz CT molecular complexity index is 552. The van der Waals surface area contributed by atoms with Gasteiger partial charge < -0.3 is 15.2 Å². The van der Waals surface area contributed by atoms with Gasteiger partial charge in [-0.15, -0.1) is 0 Å². The van der Waals surface area contributed by atoms with Gasteiger partial charge in [-0.2, -0.15) is 5.10 Å². The highest BCUT2D eigenvalue weighted by Crippen LogP contribution is 2.23. The van der Waals surface area contributed by atoms with Crippen molar-refractivity contribution in [1.29, 1.82) is 0 Å². The summed E-state index contributed by atoms with van der Waals surface area (Å²) in [6.07, 6.45) is 3.55. The molecule has 0 aliphatic rings. The Labute approximate surface area is 110 Å². The lowest BCUT2D eigenvalue weighted by Crippen LogP contribution is -2.10. The Morgan fingerprint density at radius 1 is 1.47 bits per heavy atom. The van der Waals surface area contributed by atoms with E-state index in [2.05, 4.69) is 9.84 Å². The maximum Gasteiger partial charge on any atom is 0.337 e. The minimum atomic E-state index is -0.420. The maximum atomic E-state index is 11.4. The summed E-state index contributed by atoms with van der Waals surface area (Å²) in [5, 5.41) is 4.06. The number of hydrogen-bond donors (Lipinski definition) is 1. The molecule has 6 heteroatoms. The zero-order valence-corrected chi connectivity index (χ0v) is 10.6. The van der Waals surface area contributed by atoms with E-state index in [0.717, 1.165) is 0 Å². The molecule has 1 aromatic carbocycles. The molecule has 1 heterocycles. The third kappa shape index (κ3) is 3.25. The number of rotatable bonds is 5. The van der Waals surface area contributed by atoms with Crippen molar-refractivity contribution in [3.05, 3.63) is 42.2 Å². The fraction of sp³-hybridized carbons (Fsp3) is 0.231. The van der Waals surface area contributed by atoms with Crippen molar-refractivity contribution >= 4 is 11.7 Å². The molecule has 0 saturated heterocycles. The Morgan fingerprint density at radius 3 is 3.00 bits per heavy atom. The number of hydrogen-bond acceptors (Lipinski definition) is 5. The molecule has 1 aromatic heterocycles. The van der Waals surface area contributed by atoms with Gasteiger partial charge in [0.15, 0.2) is 0 Å². The van der Waals surface area contributed by atoms with Crippen molar-refractivity contribution in [2.75, 3.05) is 19.5 Å². The van der Waals surface area contributed by atoms with E-state index in [1.54, 1.807) is 29.1 Å². The average molecular weight is 261 g/mol. The first kappa shape index (κ1) is 12.9. The van der Waals surface area contributed by atoms with E-state index in [0.29, 0.717) is 30.2 Å². The maximum absolute atomic E-state index is 11.4. The van der Waals surface area contributed by atoms with Crippen LogP contribution in [0.2, 0.25) is 0 Å². The number of aromatic nitrogens is 2. The van der Waals surface area contributed by atoms with Crippen molar-refractivity contribution in [3.63, 3.8) is 0 Å². The first-order chi connectivity index (χ1) is 9.20. The third-order valence-corrected chi connectivity index (χ3v) is 2.57. The SMILES string of the molecule is COC(=O)c1ccc(N)c(OCCn2cccn2)c1. The molecule has 0 unspecified atom stereocenters. The molecule has 0 bridgehead atoms. The Morgan fingerprint density at radius 2 is 2.32 bits per heavy atom. The quantitative estimate of drug-likeness (QED) is 0.649. The van der Waals surface area contributed by atoms with Crippen molar-refractivity contribution in [3.8, 4) is 5.75 Å². The highest BCUT2D eigenvalue weighted by molar-refractivity contribution is 5.90. The first-order valence-corrected chi connectivity index (χ1v) is 5.79. The molecule has 100 valence electrons. The van der Waals surface area contributed by atoms with Gasteiger partial charge >= 0.3 is 5.97 Å². The smallest absolute Gasteiger partial charge is 0.337 e. The van der Waals surface area contributed by atoms with E-state index in [9.17, 15) is 4.79 Å². The molecule has 0 atom stereocenters. The van der Waals surface area contributed by atoms with Crippen molar-refractivity contribution in [2.24, 2.45) is 0 Å². The number of nitrogens with zero attached hydrogens (tertiary/aromatic N) is 2. The molecule has 2 N–H and O–H groups in total. The molecule has 0 spiro atoms. The van der Waals surface area contributed by atoms with Crippen LogP contribution >= 0.6 is 0 Å². The number of anilines is 1. The number of ether oxygens (including phenoxy) is 2. The molecule has 2 rings (SSSR count). The summed E-state index contributed by atoms with van der Waals surface area (Å²) in [5.74, 6) is 0.0481. The second kappa shape index (κ2) is 5.90. The monoisotopic (exact) mass is 261 g/mol. The van der Waals surface area contributed by atoms with Crippen molar-refractivity contribution in [1.82, 2.24) is 9.78 Å². The Hall–Kier alpha value is -2.50. The van der Waals surface area contributed by atoms with E-state index in [1.165, 1.54) is 7.11 Å². The van der Waals surface area contributed by atoms with Gasteiger partial charge in [0, 0.05) is 12.4 Å². The summed E-state index contributed by atoms with van der Waals surface area (Å²) in [6.45, 7) is 1.02. The predicted octanol–water partition coefficient (Wildman–Crippen LogP) is 1.33. The summed E-state index contributed by atoms with van der Waals surface area (Å²) in [6, 6.07) is 6.63. The molecule has 0 aliphatic carbocycles. The van der Waals surface area contributed by atoms with Gasteiger partial charge in [-0.25, -0.2) is 4.79 Å². The second-order valence-corrected chi connectivity index (χ2v) is 3.86. The molecule has 0 saturated carbocycles. The van der Waals surface area contributed by atoms with Crippen LogP contribution < -0.4 is 10.5 Å². The summed E-state index contributed by atoms with van der Waals surface area (Å²) in [5.41, 5.74) is 6.68. The van der Waals surface area contributed by atoms with Crippen LogP contribution in [0, 0.1) is 0 Å². The standard InChI is InChI=1S/C13H15N3O3/c1-18-13(17)10-3-4-11(14)12(9-10)19-8-7-16-6-2-5-15-16/h2-6,9H,7-8,14H2,1H3. The van der Waals surface area contributed by atoms with Crippen LogP contribution in [0.5, 0.6) is 5.75 Å². The third-order valence-electron chi connectivity index (χ3n) is 2.57. The van der Waals surface area contributed by atoms with Gasteiger partial charge in [0.25, 0.3) is 0 Å². The fourth-order valence-corrected chi connectivity index (χ4v) is 1.59. The second-order valence-electron chi connectivity index (χ2n) is 3.86. The molecule has 0 radical (unpaired) electrons. The number of carbonyl (C=O) groups excluding carboxylic acids is 1. The van der Waals surface area contributed by atoms with Gasteiger partial charge in [-0.05, 0) is 24.3 Å². The summed E-state index contributed by atoms with van der Waals surface area (Å²) >= 11 is 0. The first-order valence-electron chi connectivity index (χ1n) is 5.79. The van der Waals surface area contributed by atoms with E-state index < -0.39 is 5.97 Å². The summed E-state index contributed by atoms with van der Waals surface area (Å²) in [7, 11) is 1.33. The number of esters is 1. The molecular weight excluding hydrogens is 246 g/mol. The lowest BCUT2D eigenvalue weighted by Gasteiger charge is -2.10. The summed E-state index contributed by atoms with van der Waals surface area (Å²) < 4.78 is 11.9. The highest BCUT2D eigenvalue weighted by Gasteiger charge is 2.09. The Balaban J connectivity index is 2.00. The molecule has 0 amide bonds. The molecule has 0 aliphatic heterocycles. The fourth-order valence-electron chi connectivity index (χ4n) is 1.59. The largest absolute Gasteiger partial charge is 0.489 e. The van der Waals surface area contributed by atoms with Gasteiger partial charge in [0.2, 0.25) is 0 Å². The van der Waals surface area contributed by atoms with Crippen molar-refractivity contribution in [2.45, 2.75) is 6.54 Å². The van der Waals surface area contributed by atoms with Gasteiger partial charge in [0.05, 0.1) is 24.9 Å². The van der Waals surface area contributed by atoms with E-state index in [4.69, 9.17) is 10.5 Å². The van der Waals surface area contributed by atoms with Gasteiger partial charge in [-0.3, -0.25) is 4.68 Å². The zero-order chi connectivity index (χ0) is 13.7. The number of nitrogens with two attached hydrogens (primary N) is 1. The topological polar surface area (TPSA) is 79.4 Å². The lowest BCUT2D eigenvalue weighted by atomic mass is 10.2. The van der Waals surface area contributed by atoms with E-state index in [-0.39, 0.29) is 0 Å². The predicted molar refractivity (Wildman–Crippen MR) is 69.9 cm³/mol. The number of benzene rings is 1. The highest BCUT2D eigenvalue weighted by atomic mass is 16.5. The number of methoxy groups -OCH3 is 1. The molecule has 19 heavy (non-hydrogen) atoms. The van der Waals surface area contributed by atoms with E-state index in [1.807, 2.05) is 12.3 Å². The van der Waals surface area contributed by atoms with E-state index >= 15 is 0 Å². The average Bonchev–Trinajstić information content (AvgIpc) is 2.93. The van der Waals surface area contributed by atoms with Crippen LogP contribution in [0.3, 0.4) is 0 Å². The van der Waals surface area contributed by atoms with Crippen LogP contribution in [0.1, 0.15) is 10.4 Å². The van der Waals surface area contributed by atoms with Gasteiger partial charge in [0.1, 0.15) is 12.4 Å². The minimum Gasteiger partial charge on any atom is -0.489 e. The number of nitrogen functional groups attached to an aromatic ring is 1. The normalized spacial score (nSPS) is 10.2. The van der Waals surface area contributed by atoms with Gasteiger partial charge in [-0.1, -0.05) is 0 Å². The summed E-state index contributed by atoms with van der Waals surface area (Å²) in [4.78, 5) is 11.4. The van der Waals surface area contributed by atoms with Crippen LogP contribution in [0.4, 0.5) is 5.69 Å². The minimum absolute atomic E-state index is 0.408. The molecule has 0 fully saturated rings. The molecule has 2 aromatic rings. The molecular formula is C13H15N3O3. The Kier molecular flexibility index (Phi) is 4.02. The lowest BCUT2D eigenvalue weighted by molar-refractivity contribution is 0.0600. The van der Waals surface area contributed by atoms with Crippen LogP contribution in [-0.2, 0) is 11.3 Å². The van der Waals surface area contributed by atoms with Crippen LogP contribution in [-0.4, -0.2) is 29.5 Å². The number of carbonyl (C=O) groups is 1.